The zero-order chi connectivity index (χ0) is 13.5. The highest BCUT2D eigenvalue weighted by Gasteiger charge is 2.12. The van der Waals surface area contributed by atoms with E-state index in [-0.39, 0.29) is 5.91 Å². The van der Waals surface area contributed by atoms with Crippen molar-refractivity contribution in [3.8, 4) is 5.88 Å². The summed E-state index contributed by atoms with van der Waals surface area (Å²) in [5, 5.41) is 6.83. The third kappa shape index (κ3) is 4.33. The number of nitrogens with zero attached hydrogens (tertiary/aromatic N) is 2. The highest BCUT2D eigenvalue weighted by molar-refractivity contribution is 7.80. The number of carbonyl (C=O) groups is 1. The van der Waals surface area contributed by atoms with Gasteiger partial charge >= 0.3 is 0 Å². The van der Waals surface area contributed by atoms with Crippen molar-refractivity contribution >= 4 is 23.1 Å². The van der Waals surface area contributed by atoms with Gasteiger partial charge in [-0.2, -0.15) is 5.10 Å². The van der Waals surface area contributed by atoms with Gasteiger partial charge in [0.15, 0.2) is 5.69 Å². The number of amides is 1. The zero-order valence-electron chi connectivity index (χ0n) is 10.6. The molecule has 6 nitrogen and oxygen atoms in total. The van der Waals surface area contributed by atoms with E-state index in [1.807, 2.05) is 0 Å². The molecule has 0 aliphatic carbocycles. The number of thiocarbonyl (C=S) groups is 1. The molecule has 0 fully saturated rings. The lowest BCUT2D eigenvalue weighted by atomic mass is 10.2. The molecule has 0 saturated heterocycles. The summed E-state index contributed by atoms with van der Waals surface area (Å²) in [5.74, 6) is 0.345. The summed E-state index contributed by atoms with van der Waals surface area (Å²) in [4.78, 5) is 12.2. The average Bonchev–Trinajstić information content (AvgIpc) is 2.69. The van der Waals surface area contributed by atoms with Crippen LogP contribution in [0.2, 0.25) is 0 Å². The molecular formula is C11H18N4O2S. The molecule has 7 heteroatoms. The fourth-order valence-corrected chi connectivity index (χ4v) is 1.61. The van der Waals surface area contributed by atoms with E-state index in [0.29, 0.717) is 29.5 Å². The molecule has 1 rings (SSSR count). The van der Waals surface area contributed by atoms with Crippen molar-refractivity contribution in [2.24, 2.45) is 12.8 Å². The predicted octanol–water partition coefficient (Wildman–Crippen LogP) is 0.615. The topological polar surface area (TPSA) is 82.2 Å². The van der Waals surface area contributed by atoms with Crippen molar-refractivity contribution in [1.29, 1.82) is 0 Å². The fourth-order valence-electron chi connectivity index (χ4n) is 1.47. The number of ether oxygens (including phenoxy) is 1. The minimum atomic E-state index is -0.204. The van der Waals surface area contributed by atoms with Gasteiger partial charge in [-0.25, -0.2) is 4.68 Å². The number of nitrogens with one attached hydrogen (secondary N) is 1. The Bertz CT molecular complexity index is 431. The first-order chi connectivity index (χ1) is 8.54. The second kappa shape index (κ2) is 6.95. The van der Waals surface area contributed by atoms with Crippen molar-refractivity contribution in [2.75, 3.05) is 13.7 Å². The standard InChI is InChI=1S/C11H18N4O2S/c1-15-10(17-2)7-8(14-15)11(16)13-6-4-3-5-9(12)18/h7H,3-6H2,1-2H3,(H2,12,18)(H,13,16). The predicted molar refractivity (Wildman–Crippen MR) is 72.7 cm³/mol. The minimum Gasteiger partial charge on any atom is -0.481 e. The van der Waals surface area contributed by atoms with Crippen LogP contribution in [-0.2, 0) is 7.05 Å². The highest BCUT2D eigenvalue weighted by Crippen LogP contribution is 2.10. The SMILES string of the molecule is COc1cc(C(=O)NCCCCC(N)=S)nn1C. The molecule has 1 aromatic heterocycles. The number of hydrogen-bond donors (Lipinski definition) is 2. The second-order valence-corrected chi connectivity index (χ2v) is 4.40. The monoisotopic (exact) mass is 270 g/mol. The van der Waals surface area contributed by atoms with Gasteiger partial charge < -0.3 is 15.8 Å². The number of rotatable bonds is 7. The van der Waals surface area contributed by atoms with Gasteiger partial charge in [0.25, 0.3) is 5.91 Å². The van der Waals surface area contributed by atoms with E-state index in [1.54, 1.807) is 13.1 Å². The van der Waals surface area contributed by atoms with Gasteiger partial charge in [-0.15, -0.1) is 0 Å². The molecule has 0 aliphatic rings. The Morgan fingerprint density at radius 2 is 2.33 bits per heavy atom. The maximum atomic E-state index is 11.7. The third-order valence-electron chi connectivity index (χ3n) is 2.41. The van der Waals surface area contributed by atoms with E-state index in [9.17, 15) is 4.79 Å². The molecule has 3 N–H and O–H groups in total. The van der Waals surface area contributed by atoms with Gasteiger partial charge in [0, 0.05) is 19.7 Å². The first-order valence-electron chi connectivity index (χ1n) is 5.69. The van der Waals surface area contributed by atoms with Crippen LogP contribution in [0.15, 0.2) is 6.07 Å². The normalized spacial score (nSPS) is 10.1. The number of aromatic nitrogens is 2. The number of unbranched alkanes of at least 4 members (excludes halogenated alkanes) is 1. The molecule has 0 bridgehead atoms. The Hall–Kier alpha value is -1.63. The molecule has 18 heavy (non-hydrogen) atoms. The Morgan fingerprint density at radius 1 is 1.61 bits per heavy atom. The van der Waals surface area contributed by atoms with Crippen molar-refractivity contribution in [1.82, 2.24) is 15.1 Å². The maximum absolute atomic E-state index is 11.7. The molecule has 0 saturated carbocycles. The fraction of sp³-hybridized carbons (Fsp3) is 0.545. The Morgan fingerprint density at radius 3 is 2.89 bits per heavy atom. The largest absolute Gasteiger partial charge is 0.481 e. The van der Waals surface area contributed by atoms with Crippen LogP contribution in [0, 0.1) is 0 Å². The lowest BCUT2D eigenvalue weighted by Gasteiger charge is -2.02. The van der Waals surface area contributed by atoms with E-state index in [1.165, 1.54) is 11.8 Å². The van der Waals surface area contributed by atoms with Gasteiger partial charge in [0.1, 0.15) is 0 Å². The first kappa shape index (κ1) is 14.4. The Kier molecular flexibility index (Phi) is 5.57. The van der Waals surface area contributed by atoms with Crippen LogP contribution < -0.4 is 15.8 Å². The summed E-state index contributed by atoms with van der Waals surface area (Å²) in [6.45, 7) is 0.584. The number of aryl methyl sites for hydroxylation is 1. The minimum absolute atomic E-state index is 0.204. The molecule has 0 radical (unpaired) electrons. The summed E-state index contributed by atoms with van der Waals surface area (Å²) in [7, 11) is 3.26. The molecule has 0 spiro atoms. The molecule has 0 aliphatic heterocycles. The Labute approximate surface area is 111 Å². The van der Waals surface area contributed by atoms with Crippen molar-refractivity contribution < 1.29 is 9.53 Å². The van der Waals surface area contributed by atoms with Gasteiger partial charge in [0.2, 0.25) is 5.88 Å². The summed E-state index contributed by atoms with van der Waals surface area (Å²) >= 11 is 4.77. The van der Waals surface area contributed by atoms with Gasteiger partial charge in [-0.05, 0) is 19.3 Å². The number of carbonyl (C=O) groups excluding carboxylic acids is 1. The van der Waals surface area contributed by atoms with E-state index in [4.69, 9.17) is 22.7 Å². The summed E-state index contributed by atoms with van der Waals surface area (Å²) in [5.41, 5.74) is 5.73. The maximum Gasteiger partial charge on any atom is 0.271 e. The van der Waals surface area contributed by atoms with Crippen LogP contribution in [0.4, 0.5) is 0 Å². The Balaban J connectivity index is 2.34. The summed E-state index contributed by atoms with van der Waals surface area (Å²) in [6, 6.07) is 1.60. The van der Waals surface area contributed by atoms with Crippen molar-refractivity contribution in [2.45, 2.75) is 19.3 Å². The molecule has 0 unspecified atom stereocenters. The highest BCUT2D eigenvalue weighted by atomic mass is 32.1. The van der Waals surface area contributed by atoms with E-state index >= 15 is 0 Å². The number of nitrogens with two attached hydrogens (primary N) is 1. The van der Waals surface area contributed by atoms with E-state index in [0.717, 1.165) is 12.8 Å². The van der Waals surface area contributed by atoms with Crippen LogP contribution in [-0.4, -0.2) is 34.3 Å². The molecule has 1 amide bonds. The molecule has 0 aromatic carbocycles. The van der Waals surface area contributed by atoms with Crippen LogP contribution in [0.1, 0.15) is 29.8 Å². The second-order valence-electron chi connectivity index (χ2n) is 3.87. The third-order valence-corrected chi connectivity index (χ3v) is 2.62. The van der Waals surface area contributed by atoms with Crippen LogP contribution in [0.25, 0.3) is 0 Å². The quantitative estimate of drug-likeness (QED) is 0.560. The zero-order valence-corrected chi connectivity index (χ0v) is 11.4. The smallest absolute Gasteiger partial charge is 0.271 e. The first-order valence-corrected chi connectivity index (χ1v) is 6.10. The van der Waals surface area contributed by atoms with Crippen LogP contribution in [0.5, 0.6) is 5.88 Å². The summed E-state index contributed by atoms with van der Waals surface area (Å²) < 4.78 is 6.55. The van der Waals surface area contributed by atoms with Crippen LogP contribution >= 0.6 is 12.2 Å². The molecular weight excluding hydrogens is 252 g/mol. The average molecular weight is 270 g/mol. The van der Waals surface area contributed by atoms with Crippen LogP contribution in [0.3, 0.4) is 0 Å². The van der Waals surface area contributed by atoms with Gasteiger partial charge in [-0.3, -0.25) is 4.79 Å². The lowest BCUT2D eigenvalue weighted by molar-refractivity contribution is 0.0947. The van der Waals surface area contributed by atoms with Gasteiger partial charge in [-0.1, -0.05) is 12.2 Å². The summed E-state index contributed by atoms with van der Waals surface area (Å²) in [6.07, 6.45) is 2.43. The molecule has 0 atom stereocenters. The van der Waals surface area contributed by atoms with Crippen molar-refractivity contribution in [3.63, 3.8) is 0 Å². The molecule has 1 heterocycles. The number of methoxy groups -OCH3 is 1. The molecule has 1 aromatic rings. The number of hydrogen-bond acceptors (Lipinski definition) is 4. The van der Waals surface area contributed by atoms with E-state index < -0.39 is 0 Å². The molecule has 100 valence electrons. The van der Waals surface area contributed by atoms with Crippen molar-refractivity contribution in [3.05, 3.63) is 11.8 Å². The lowest BCUT2D eigenvalue weighted by Crippen LogP contribution is -2.25. The van der Waals surface area contributed by atoms with Gasteiger partial charge in [0.05, 0.1) is 12.1 Å². The van der Waals surface area contributed by atoms with E-state index in [2.05, 4.69) is 10.4 Å².